The molecule has 1 saturated heterocycles. The number of nitrogens with zero attached hydrogens (tertiary/aromatic N) is 5. The summed E-state index contributed by atoms with van der Waals surface area (Å²) in [5, 5.41) is 16.8. The zero-order valence-electron chi connectivity index (χ0n) is 21.3. The van der Waals surface area contributed by atoms with Crippen molar-refractivity contribution in [3.8, 4) is 28.6 Å². The second-order valence-corrected chi connectivity index (χ2v) is 10.5. The number of rotatable bonds is 4. The molecule has 1 fully saturated rings. The van der Waals surface area contributed by atoms with E-state index in [9.17, 15) is 5.11 Å². The fourth-order valence-corrected chi connectivity index (χ4v) is 5.61. The Balaban J connectivity index is 1.61. The summed E-state index contributed by atoms with van der Waals surface area (Å²) in [7, 11) is 1.78. The molecule has 0 radical (unpaired) electrons. The van der Waals surface area contributed by atoms with Crippen LogP contribution in [0.2, 0.25) is 5.02 Å². The first-order valence-corrected chi connectivity index (χ1v) is 13.0. The number of fused-ring (bicyclic) bond motifs is 2. The number of piperidine rings is 1. The predicted octanol–water partition coefficient (Wildman–Crippen LogP) is 7.10. The van der Waals surface area contributed by atoms with Crippen molar-refractivity contribution in [3.63, 3.8) is 0 Å². The largest absolute Gasteiger partial charge is 0.508 e. The van der Waals surface area contributed by atoms with Crippen LogP contribution in [0.25, 0.3) is 32.8 Å². The first-order chi connectivity index (χ1) is 18.3. The number of anilines is 1. The van der Waals surface area contributed by atoms with Crippen LogP contribution in [-0.2, 0) is 7.05 Å². The molecule has 3 heterocycles. The Morgan fingerprint density at radius 3 is 2.68 bits per heavy atom. The molecule has 0 aliphatic carbocycles. The van der Waals surface area contributed by atoms with Crippen molar-refractivity contribution >= 4 is 39.1 Å². The number of halogens is 2. The summed E-state index contributed by atoms with van der Waals surface area (Å²) in [6.45, 7) is 5.12. The van der Waals surface area contributed by atoms with Crippen LogP contribution in [-0.4, -0.2) is 37.4 Å². The Labute approximate surface area is 224 Å². The maximum absolute atomic E-state index is 16.6. The Hall–Kier alpha value is -3.91. The molecular weight excluding hydrogens is 505 g/mol. The van der Waals surface area contributed by atoms with Crippen molar-refractivity contribution in [3.05, 3.63) is 65.7 Å². The number of hydrogen-bond donors (Lipinski definition) is 1. The summed E-state index contributed by atoms with van der Waals surface area (Å²) in [5.74, 6) is 0.916. The number of aromatic hydroxyl groups is 1. The second-order valence-electron chi connectivity index (χ2n) is 10.1. The molecule has 3 aromatic carbocycles. The summed E-state index contributed by atoms with van der Waals surface area (Å²) in [6, 6.07) is 12.6. The minimum absolute atomic E-state index is 0.0226. The van der Waals surface area contributed by atoms with Gasteiger partial charge in [0, 0.05) is 30.6 Å². The molecule has 0 spiro atoms. The highest BCUT2D eigenvalue weighted by atomic mass is 35.5. The van der Waals surface area contributed by atoms with Gasteiger partial charge in [-0.05, 0) is 60.2 Å². The summed E-state index contributed by atoms with van der Waals surface area (Å²) >= 11 is 6.81. The van der Waals surface area contributed by atoms with Gasteiger partial charge in [0.25, 0.3) is 0 Å². The van der Waals surface area contributed by atoms with Crippen molar-refractivity contribution < 1.29 is 14.2 Å². The van der Waals surface area contributed by atoms with E-state index in [0.29, 0.717) is 28.4 Å². The molecule has 1 N–H and O–H groups in total. The highest BCUT2D eigenvalue weighted by Crippen LogP contribution is 2.43. The fourth-order valence-electron chi connectivity index (χ4n) is 5.31. The maximum Gasteiger partial charge on any atom is 0.324 e. The van der Waals surface area contributed by atoms with Crippen molar-refractivity contribution in [2.24, 2.45) is 13.0 Å². The van der Waals surface area contributed by atoms with Gasteiger partial charge in [0.05, 0.1) is 17.4 Å². The number of aromatic nitrogens is 4. The van der Waals surface area contributed by atoms with Crippen molar-refractivity contribution in [2.45, 2.75) is 32.7 Å². The topological polar surface area (TPSA) is 76.3 Å². The predicted molar refractivity (Wildman–Crippen MR) is 148 cm³/mol. The maximum atomic E-state index is 16.6. The highest BCUT2D eigenvalue weighted by Gasteiger charge is 2.29. The lowest BCUT2D eigenvalue weighted by atomic mass is 9.94. The van der Waals surface area contributed by atoms with E-state index in [2.05, 4.69) is 28.8 Å². The van der Waals surface area contributed by atoms with E-state index in [4.69, 9.17) is 21.3 Å². The van der Waals surface area contributed by atoms with Gasteiger partial charge in [-0.25, -0.2) is 4.39 Å². The van der Waals surface area contributed by atoms with Crippen LogP contribution in [0.5, 0.6) is 17.5 Å². The molecule has 1 aliphatic rings. The Morgan fingerprint density at radius 1 is 1.08 bits per heavy atom. The third-order valence-corrected chi connectivity index (χ3v) is 7.54. The van der Waals surface area contributed by atoms with E-state index in [-0.39, 0.29) is 33.9 Å². The molecule has 0 saturated carbocycles. The van der Waals surface area contributed by atoms with Crippen LogP contribution in [0.4, 0.5) is 10.2 Å². The van der Waals surface area contributed by atoms with Crippen LogP contribution in [0.15, 0.2) is 54.9 Å². The minimum Gasteiger partial charge on any atom is -0.508 e. The van der Waals surface area contributed by atoms with Crippen molar-refractivity contribution in [1.29, 1.82) is 0 Å². The molecule has 9 heteroatoms. The van der Waals surface area contributed by atoms with Gasteiger partial charge in [-0.2, -0.15) is 15.1 Å². The van der Waals surface area contributed by atoms with Gasteiger partial charge in [0.15, 0.2) is 11.6 Å². The van der Waals surface area contributed by atoms with Crippen LogP contribution in [0, 0.1) is 11.7 Å². The SMILES string of the molecule is C[C@H]1CC[C@H](C)N(c2nc(Oc3cnn(C)c3)nc3c(F)c(-c4cc(O)cc5ccccc45)c(Cl)cc23)C1. The smallest absolute Gasteiger partial charge is 0.324 e. The Kier molecular flexibility index (Phi) is 6.07. The lowest BCUT2D eigenvalue weighted by Gasteiger charge is -2.38. The first kappa shape index (κ1) is 24.4. The van der Waals surface area contributed by atoms with Gasteiger partial charge in [0.1, 0.15) is 17.1 Å². The molecule has 1 aliphatic heterocycles. The number of aryl methyl sites for hydroxylation is 1. The average Bonchev–Trinajstić information content (AvgIpc) is 3.29. The molecule has 7 nitrogen and oxygen atoms in total. The normalized spacial score (nSPS) is 17.9. The van der Waals surface area contributed by atoms with Crippen LogP contribution in [0.1, 0.15) is 26.7 Å². The standard InChI is InChI=1S/C29H27ClFN5O2/c1-16-8-9-17(2)36(14-16)28-23-12-24(30)25(22-11-19(37)10-18-6-4-5-7-21(18)22)26(31)27(23)33-29(34-28)38-20-13-32-35(3)15-20/h4-7,10-13,15-17,37H,8-9,14H2,1-3H3/t16-,17-/m0/s1. The summed E-state index contributed by atoms with van der Waals surface area (Å²) in [4.78, 5) is 11.5. The molecule has 2 aromatic heterocycles. The fraction of sp³-hybridized carbons (Fsp3) is 0.276. The van der Waals surface area contributed by atoms with Gasteiger partial charge in [-0.1, -0.05) is 42.8 Å². The molecule has 0 bridgehead atoms. The molecule has 38 heavy (non-hydrogen) atoms. The zero-order valence-corrected chi connectivity index (χ0v) is 22.1. The average molecular weight is 532 g/mol. The van der Waals surface area contributed by atoms with E-state index in [0.717, 1.165) is 30.2 Å². The number of hydrogen-bond acceptors (Lipinski definition) is 6. The van der Waals surface area contributed by atoms with E-state index >= 15 is 4.39 Å². The molecular formula is C29H27ClFN5O2. The Bertz CT molecular complexity index is 1690. The van der Waals surface area contributed by atoms with Gasteiger partial charge in [-0.3, -0.25) is 4.68 Å². The van der Waals surface area contributed by atoms with Gasteiger partial charge in [0.2, 0.25) is 0 Å². The second kappa shape index (κ2) is 9.44. The van der Waals surface area contributed by atoms with Crippen LogP contribution in [0.3, 0.4) is 0 Å². The summed E-state index contributed by atoms with van der Waals surface area (Å²) < 4.78 is 24.1. The van der Waals surface area contributed by atoms with Crippen LogP contribution < -0.4 is 9.64 Å². The molecule has 2 atom stereocenters. The molecule has 194 valence electrons. The lowest BCUT2D eigenvalue weighted by molar-refractivity contribution is 0.385. The minimum atomic E-state index is -0.597. The summed E-state index contributed by atoms with van der Waals surface area (Å²) in [6.07, 6.45) is 5.36. The molecule has 0 amide bonds. The number of benzene rings is 3. The number of phenolic OH excluding ortho intramolecular Hbond substituents is 1. The van der Waals surface area contributed by atoms with Crippen molar-refractivity contribution in [2.75, 3.05) is 11.4 Å². The van der Waals surface area contributed by atoms with Crippen LogP contribution >= 0.6 is 11.6 Å². The molecule has 6 rings (SSSR count). The highest BCUT2D eigenvalue weighted by molar-refractivity contribution is 6.35. The first-order valence-electron chi connectivity index (χ1n) is 12.6. The molecule has 5 aromatic rings. The van der Waals surface area contributed by atoms with E-state index in [1.54, 1.807) is 36.3 Å². The van der Waals surface area contributed by atoms with Gasteiger partial charge >= 0.3 is 6.01 Å². The molecule has 0 unspecified atom stereocenters. The summed E-state index contributed by atoms with van der Waals surface area (Å²) in [5.41, 5.74) is 0.759. The van der Waals surface area contributed by atoms with Gasteiger partial charge < -0.3 is 14.7 Å². The Morgan fingerprint density at radius 2 is 1.89 bits per heavy atom. The monoisotopic (exact) mass is 531 g/mol. The number of ether oxygens (including phenoxy) is 1. The quantitative estimate of drug-likeness (QED) is 0.266. The third-order valence-electron chi connectivity index (χ3n) is 7.24. The zero-order chi connectivity index (χ0) is 26.6. The lowest BCUT2D eigenvalue weighted by Crippen LogP contribution is -2.41. The van der Waals surface area contributed by atoms with E-state index in [1.807, 2.05) is 24.3 Å². The van der Waals surface area contributed by atoms with Crippen molar-refractivity contribution in [1.82, 2.24) is 19.7 Å². The number of phenols is 1. The van der Waals surface area contributed by atoms with E-state index in [1.165, 1.54) is 6.07 Å². The third kappa shape index (κ3) is 4.28. The van der Waals surface area contributed by atoms with E-state index < -0.39 is 5.82 Å². The van der Waals surface area contributed by atoms with Gasteiger partial charge in [-0.15, -0.1) is 0 Å².